The van der Waals surface area contributed by atoms with Gasteiger partial charge in [-0.2, -0.15) is 0 Å². The van der Waals surface area contributed by atoms with Crippen molar-refractivity contribution in [1.29, 1.82) is 0 Å². The molecular weight excluding hydrogens is 152 g/mol. The number of esters is 1. The first kappa shape index (κ1) is 9.30. The lowest BCUT2D eigenvalue weighted by Crippen LogP contribution is -2.07. The molecule has 0 bridgehead atoms. The molecule has 2 heteroatoms. The molecule has 1 fully saturated rings. The number of rotatable bonds is 3. The maximum atomic E-state index is 11.2. The highest BCUT2D eigenvalue weighted by molar-refractivity contribution is 5.77. The van der Waals surface area contributed by atoms with Crippen LogP contribution in [0.1, 0.15) is 20.3 Å². The summed E-state index contributed by atoms with van der Waals surface area (Å²) < 4.78 is 4.71. The molecule has 0 N–H and O–H groups in total. The van der Waals surface area contributed by atoms with Crippen molar-refractivity contribution in [2.24, 2.45) is 17.3 Å². The van der Waals surface area contributed by atoms with Crippen LogP contribution in [0.4, 0.5) is 0 Å². The first-order chi connectivity index (χ1) is 5.55. The smallest absolute Gasteiger partial charge is 0.309 e. The standard InChI is InChI=1S/C10H16O2/c1-5-6-7-8(9(11)12-4)10(7,2)3/h5,7-8H,1,6H2,2-4H3/t7-,8+/m1/s1. The molecule has 2 nitrogen and oxygen atoms in total. The summed E-state index contributed by atoms with van der Waals surface area (Å²) in [4.78, 5) is 11.2. The topological polar surface area (TPSA) is 26.3 Å². The predicted molar refractivity (Wildman–Crippen MR) is 47.6 cm³/mol. The highest BCUT2D eigenvalue weighted by atomic mass is 16.5. The van der Waals surface area contributed by atoms with Gasteiger partial charge in [0.05, 0.1) is 13.0 Å². The molecule has 1 saturated carbocycles. The normalized spacial score (nSPS) is 30.9. The van der Waals surface area contributed by atoms with Gasteiger partial charge < -0.3 is 4.74 Å². The zero-order chi connectivity index (χ0) is 9.35. The summed E-state index contributed by atoms with van der Waals surface area (Å²) in [7, 11) is 1.45. The minimum absolute atomic E-state index is 0.0770. The summed E-state index contributed by atoms with van der Waals surface area (Å²) in [5.74, 6) is 0.440. The van der Waals surface area contributed by atoms with Crippen LogP contribution in [-0.2, 0) is 9.53 Å². The third-order valence-electron chi connectivity index (χ3n) is 2.93. The predicted octanol–water partition coefficient (Wildman–Crippen LogP) is 2.01. The highest BCUT2D eigenvalue weighted by Crippen LogP contribution is 2.60. The number of carbonyl (C=O) groups is 1. The fourth-order valence-electron chi connectivity index (χ4n) is 1.96. The van der Waals surface area contributed by atoms with E-state index in [-0.39, 0.29) is 17.3 Å². The number of methoxy groups -OCH3 is 1. The lowest BCUT2D eigenvalue weighted by molar-refractivity contribution is -0.143. The van der Waals surface area contributed by atoms with Crippen molar-refractivity contribution in [2.45, 2.75) is 20.3 Å². The molecule has 0 radical (unpaired) electrons. The van der Waals surface area contributed by atoms with Crippen molar-refractivity contribution < 1.29 is 9.53 Å². The average molecular weight is 168 g/mol. The quantitative estimate of drug-likeness (QED) is 0.476. The maximum Gasteiger partial charge on any atom is 0.309 e. The molecule has 12 heavy (non-hydrogen) atoms. The lowest BCUT2D eigenvalue weighted by Gasteiger charge is -1.99. The number of allylic oxidation sites excluding steroid dienone is 1. The van der Waals surface area contributed by atoms with Crippen LogP contribution >= 0.6 is 0 Å². The number of carbonyl (C=O) groups excluding carboxylic acids is 1. The van der Waals surface area contributed by atoms with E-state index in [2.05, 4.69) is 20.4 Å². The third kappa shape index (κ3) is 1.26. The fourth-order valence-corrected chi connectivity index (χ4v) is 1.96. The SMILES string of the molecule is C=CC[C@@H]1[C@@H](C(=O)OC)C1(C)C. The maximum absolute atomic E-state index is 11.2. The van der Waals surface area contributed by atoms with Crippen molar-refractivity contribution in [3.8, 4) is 0 Å². The van der Waals surface area contributed by atoms with E-state index in [0.717, 1.165) is 6.42 Å². The van der Waals surface area contributed by atoms with Gasteiger partial charge >= 0.3 is 5.97 Å². The van der Waals surface area contributed by atoms with E-state index in [0.29, 0.717) is 5.92 Å². The zero-order valence-electron chi connectivity index (χ0n) is 7.96. The van der Waals surface area contributed by atoms with Crippen LogP contribution in [0, 0.1) is 17.3 Å². The average Bonchev–Trinajstić information content (AvgIpc) is 2.53. The van der Waals surface area contributed by atoms with Crippen molar-refractivity contribution in [3.63, 3.8) is 0 Å². The Labute approximate surface area is 73.6 Å². The Morgan fingerprint density at radius 1 is 1.67 bits per heavy atom. The lowest BCUT2D eigenvalue weighted by atomic mass is 10.1. The van der Waals surface area contributed by atoms with E-state index >= 15 is 0 Å². The Kier molecular flexibility index (Phi) is 2.27. The van der Waals surface area contributed by atoms with Crippen LogP contribution < -0.4 is 0 Å². The minimum atomic E-state index is -0.0770. The number of hydrogen-bond donors (Lipinski definition) is 0. The van der Waals surface area contributed by atoms with E-state index in [1.165, 1.54) is 7.11 Å². The van der Waals surface area contributed by atoms with Gasteiger partial charge in [0.2, 0.25) is 0 Å². The number of ether oxygens (including phenoxy) is 1. The van der Waals surface area contributed by atoms with Crippen LogP contribution in [0.15, 0.2) is 12.7 Å². The molecule has 68 valence electrons. The highest BCUT2D eigenvalue weighted by Gasteiger charge is 2.61. The Morgan fingerprint density at radius 2 is 2.25 bits per heavy atom. The van der Waals surface area contributed by atoms with Gasteiger partial charge in [0, 0.05) is 0 Å². The molecule has 0 saturated heterocycles. The van der Waals surface area contributed by atoms with Gasteiger partial charge in [-0.15, -0.1) is 6.58 Å². The van der Waals surface area contributed by atoms with Gasteiger partial charge in [0.1, 0.15) is 0 Å². The van der Waals surface area contributed by atoms with E-state index in [4.69, 9.17) is 4.74 Å². The molecule has 0 amide bonds. The summed E-state index contributed by atoms with van der Waals surface area (Å²) in [6, 6.07) is 0. The van der Waals surface area contributed by atoms with Gasteiger partial charge in [-0.3, -0.25) is 4.79 Å². The molecule has 0 aromatic rings. The molecule has 1 aliphatic rings. The number of hydrogen-bond acceptors (Lipinski definition) is 2. The summed E-state index contributed by atoms with van der Waals surface area (Å²) >= 11 is 0. The summed E-state index contributed by atoms with van der Waals surface area (Å²) in [6.45, 7) is 7.87. The van der Waals surface area contributed by atoms with Crippen molar-refractivity contribution in [1.82, 2.24) is 0 Å². The molecule has 0 spiro atoms. The van der Waals surface area contributed by atoms with E-state index < -0.39 is 0 Å². The van der Waals surface area contributed by atoms with Crippen molar-refractivity contribution >= 4 is 5.97 Å². The van der Waals surface area contributed by atoms with E-state index in [1.54, 1.807) is 0 Å². The van der Waals surface area contributed by atoms with Crippen LogP contribution in [0.25, 0.3) is 0 Å². The second-order valence-electron chi connectivity index (χ2n) is 3.95. The summed E-state index contributed by atoms with van der Waals surface area (Å²) in [5, 5.41) is 0. The Morgan fingerprint density at radius 3 is 2.67 bits per heavy atom. The van der Waals surface area contributed by atoms with Crippen LogP contribution in [0.5, 0.6) is 0 Å². The van der Waals surface area contributed by atoms with Gasteiger partial charge in [-0.05, 0) is 17.8 Å². The molecule has 0 heterocycles. The molecule has 0 aliphatic heterocycles. The monoisotopic (exact) mass is 168 g/mol. The first-order valence-electron chi connectivity index (χ1n) is 4.24. The molecule has 0 aromatic carbocycles. The molecule has 2 atom stereocenters. The Hall–Kier alpha value is -0.790. The van der Waals surface area contributed by atoms with Crippen molar-refractivity contribution in [2.75, 3.05) is 7.11 Å². The van der Waals surface area contributed by atoms with E-state index in [1.807, 2.05) is 6.08 Å². The third-order valence-corrected chi connectivity index (χ3v) is 2.93. The molecule has 1 aliphatic carbocycles. The molecule has 0 unspecified atom stereocenters. The molecular formula is C10H16O2. The van der Waals surface area contributed by atoms with Crippen LogP contribution in [-0.4, -0.2) is 13.1 Å². The van der Waals surface area contributed by atoms with E-state index in [9.17, 15) is 4.79 Å². The fraction of sp³-hybridized carbons (Fsp3) is 0.700. The Bertz CT molecular complexity index is 206. The van der Waals surface area contributed by atoms with Gasteiger partial charge in [-0.25, -0.2) is 0 Å². The minimum Gasteiger partial charge on any atom is -0.469 e. The Balaban J connectivity index is 2.59. The van der Waals surface area contributed by atoms with Gasteiger partial charge in [0.25, 0.3) is 0 Å². The van der Waals surface area contributed by atoms with Gasteiger partial charge in [0.15, 0.2) is 0 Å². The van der Waals surface area contributed by atoms with Crippen LogP contribution in [0.2, 0.25) is 0 Å². The molecule has 0 aromatic heterocycles. The van der Waals surface area contributed by atoms with Crippen molar-refractivity contribution in [3.05, 3.63) is 12.7 Å². The van der Waals surface area contributed by atoms with Crippen LogP contribution in [0.3, 0.4) is 0 Å². The largest absolute Gasteiger partial charge is 0.469 e. The second-order valence-corrected chi connectivity index (χ2v) is 3.95. The zero-order valence-corrected chi connectivity index (χ0v) is 7.96. The van der Waals surface area contributed by atoms with Gasteiger partial charge in [-0.1, -0.05) is 19.9 Å². The second kappa shape index (κ2) is 2.92. The summed E-state index contributed by atoms with van der Waals surface area (Å²) in [6.07, 6.45) is 2.78. The first-order valence-corrected chi connectivity index (χ1v) is 4.24. The summed E-state index contributed by atoms with van der Waals surface area (Å²) in [5.41, 5.74) is 0.112. The molecule has 1 rings (SSSR count).